The average Bonchev–Trinajstić information content (AvgIpc) is 2.71. The molecule has 1 fully saturated rings. The molecule has 0 aliphatic carbocycles. The largest absolute Gasteiger partial charge is 0.306 e. The molecule has 5 heteroatoms. The number of rotatable bonds is 3. The third-order valence-corrected chi connectivity index (χ3v) is 5.44. The molecule has 0 amide bonds. The Morgan fingerprint density at radius 1 is 1.60 bits per heavy atom. The Bertz CT molecular complexity index is 424. The lowest BCUT2D eigenvalue weighted by Crippen LogP contribution is -2.42. The van der Waals surface area contributed by atoms with Crippen molar-refractivity contribution in [3.63, 3.8) is 0 Å². The van der Waals surface area contributed by atoms with Gasteiger partial charge in [-0.15, -0.1) is 0 Å². The lowest BCUT2D eigenvalue weighted by molar-refractivity contribution is 0.396. The molecule has 1 atom stereocenters. The summed E-state index contributed by atoms with van der Waals surface area (Å²) in [5, 5.41) is 7.46. The first-order valence-electron chi connectivity index (χ1n) is 4.96. The van der Waals surface area contributed by atoms with Gasteiger partial charge in [-0.1, -0.05) is 0 Å². The van der Waals surface area contributed by atoms with Crippen LogP contribution in [0.1, 0.15) is 18.9 Å². The minimum absolute atomic E-state index is 0.235. The highest BCUT2D eigenvalue weighted by atomic mass is 32.2. The minimum Gasteiger partial charge on any atom is -0.306 e. The summed E-state index contributed by atoms with van der Waals surface area (Å²) in [7, 11) is -2.80. The smallest absolute Gasteiger partial charge is 0.152 e. The standard InChI is InChI=1S/C10H15NO2S2/c1-10(3-5-15(12,13)8-10)11-6-9-2-4-14-7-9/h2,4,7,11H,3,5-6,8H2,1H3. The second kappa shape index (κ2) is 3.88. The Labute approximate surface area is 94.4 Å². The highest BCUT2D eigenvalue weighted by molar-refractivity contribution is 7.91. The van der Waals surface area contributed by atoms with Gasteiger partial charge in [-0.2, -0.15) is 11.3 Å². The van der Waals surface area contributed by atoms with Crippen molar-refractivity contribution in [3.8, 4) is 0 Å². The third-order valence-electron chi connectivity index (χ3n) is 2.80. The van der Waals surface area contributed by atoms with Gasteiger partial charge in [0.25, 0.3) is 0 Å². The molecule has 84 valence electrons. The van der Waals surface area contributed by atoms with Crippen molar-refractivity contribution in [2.45, 2.75) is 25.4 Å². The van der Waals surface area contributed by atoms with Crippen molar-refractivity contribution in [1.29, 1.82) is 0 Å². The Kier molecular flexibility index (Phi) is 2.87. The van der Waals surface area contributed by atoms with Crippen LogP contribution in [0.5, 0.6) is 0 Å². The number of sulfone groups is 1. The van der Waals surface area contributed by atoms with Crippen LogP contribution in [0.4, 0.5) is 0 Å². The van der Waals surface area contributed by atoms with Gasteiger partial charge >= 0.3 is 0 Å². The van der Waals surface area contributed by atoms with E-state index >= 15 is 0 Å². The van der Waals surface area contributed by atoms with Crippen molar-refractivity contribution in [1.82, 2.24) is 5.32 Å². The van der Waals surface area contributed by atoms with Crippen LogP contribution in [0.25, 0.3) is 0 Å². The molecule has 1 saturated heterocycles. The maximum absolute atomic E-state index is 11.4. The molecule has 1 aliphatic rings. The number of hydrogen-bond acceptors (Lipinski definition) is 4. The number of hydrogen-bond donors (Lipinski definition) is 1. The summed E-state index contributed by atoms with van der Waals surface area (Å²) in [4.78, 5) is 0. The van der Waals surface area contributed by atoms with E-state index in [1.165, 1.54) is 5.56 Å². The Balaban J connectivity index is 1.95. The molecule has 1 N–H and O–H groups in total. The molecule has 1 aliphatic heterocycles. The van der Waals surface area contributed by atoms with E-state index in [-0.39, 0.29) is 11.3 Å². The fourth-order valence-electron chi connectivity index (χ4n) is 1.86. The first-order chi connectivity index (χ1) is 6.99. The number of nitrogens with one attached hydrogen (secondary N) is 1. The Hall–Kier alpha value is -0.390. The van der Waals surface area contributed by atoms with Crippen LogP contribution in [0.15, 0.2) is 16.8 Å². The zero-order chi connectivity index (χ0) is 10.9. The molecule has 0 saturated carbocycles. The van der Waals surface area contributed by atoms with E-state index in [2.05, 4.69) is 16.8 Å². The van der Waals surface area contributed by atoms with Crippen molar-refractivity contribution in [2.24, 2.45) is 0 Å². The molecule has 1 aromatic rings. The van der Waals surface area contributed by atoms with Gasteiger partial charge in [0, 0.05) is 12.1 Å². The van der Waals surface area contributed by atoms with E-state index in [9.17, 15) is 8.42 Å². The SMILES string of the molecule is CC1(NCc2ccsc2)CCS(=O)(=O)C1. The molecule has 1 unspecified atom stereocenters. The summed E-state index contributed by atoms with van der Waals surface area (Å²) < 4.78 is 22.7. The van der Waals surface area contributed by atoms with E-state index in [1.807, 2.05) is 12.3 Å². The lowest BCUT2D eigenvalue weighted by Gasteiger charge is -2.23. The molecular formula is C10H15NO2S2. The predicted molar refractivity (Wildman–Crippen MR) is 62.8 cm³/mol. The first-order valence-corrected chi connectivity index (χ1v) is 7.72. The lowest BCUT2D eigenvalue weighted by atomic mass is 10.0. The number of thiophene rings is 1. The second-order valence-corrected chi connectivity index (χ2v) is 7.35. The quantitative estimate of drug-likeness (QED) is 0.876. The molecule has 0 spiro atoms. The summed E-state index contributed by atoms with van der Waals surface area (Å²) in [6, 6.07) is 2.06. The minimum atomic E-state index is -2.80. The molecule has 15 heavy (non-hydrogen) atoms. The van der Waals surface area contributed by atoms with Crippen molar-refractivity contribution >= 4 is 21.2 Å². The van der Waals surface area contributed by atoms with Crippen LogP contribution in [0.2, 0.25) is 0 Å². The van der Waals surface area contributed by atoms with Crippen LogP contribution in [-0.4, -0.2) is 25.5 Å². The second-order valence-electron chi connectivity index (χ2n) is 4.39. The molecule has 2 rings (SSSR count). The maximum atomic E-state index is 11.4. The third kappa shape index (κ3) is 2.80. The maximum Gasteiger partial charge on any atom is 0.152 e. The topological polar surface area (TPSA) is 46.2 Å². The Morgan fingerprint density at radius 2 is 2.40 bits per heavy atom. The van der Waals surface area contributed by atoms with Crippen LogP contribution < -0.4 is 5.32 Å². The fraction of sp³-hybridized carbons (Fsp3) is 0.600. The zero-order valence-corrected chi connectivity index (χ0v) is 10.3. The summed E-state index contributed by atoms with van der Waals surface area (Å²) in [5.74, 6) is 0.588. The van der Waals surface area contributed by atoms with Crippen LogP contribution in [0.3, 0.4) is 0 Å². The van der Waals surface area contributed by atoms with E-state index < -0.39 is 9.84 Å². The van der Waals surface area contributed by atoms with Crippen molar-refractivity contribution in [2.75, 3.05) is 11.5 Å². The average molecular weight is 245 g/mol. The molecule has 0 radical (unpaired) electrons. The van der Waals surface area contributed by atoms with Gasteiger partial charge in [-0.05, 0) is 35.7 Å². The zero-order valence-electron chi connectivity index (χ0n) is 8.69. The summed E-state index contributed by atoms with van der Waals surface area (Å²) in [6.07, 6.45) is 0.722. The Morgan fingerprint density at radius 3 is 2.93 bits per heavy atom. The van der Waals surface area contributed by atoms with Crippen LogP contribution in [-0.2, 0) is 16.4 Å². The van der Waals surface area contributed by atoms with Crippen LogP contribution >= 0.6 is 11.3 Å². The van der Waals surface area contributed by atoms with E-state index in [0.29, 0.717) is 5.75 Å². The fourth-order valence-corrected chi connectivity index (χ4v) is 4.65. The normalized spacial score (nSPS) is 29.4. The van der Waals surface area contributed by atoms with Gasteiger partial charge < -0.3 is 5.32 Å². The van der Waals surface area contributed by atoms with E-state index in [4.69, 9.17) is 0 Å². The van der Waals surface area contributed by atoms with Gasteiger partial charge in [-0.3, -0.25) is 0 Å². The van der Waals surface area contributed by atoms with Gasteiger partial charge in [0.05, 0.1) is 11.5 Å². The van der Waals surface area contributed by atoms with Crippen LogP contribution in [0, 0.1) is 0 Å². The molecule has 1 aromatic heterocycles. The van der Waals surface area contributed by atoms with Gasteiger partial charge in [0.1, 0.15) is 0 Å². The molecule has 0 bridgehead atoms. The molecule has 3 nitrogen and oxygen atoms in total. The van der Waals surface area contributed by atoms with Gasteiger partial charge in [0.2, 0.25) is 0 Å². The van der Waals surface area contributed by atoms with E-state index in [0.717, 1.165) is 13.0 Å². The summed E-state index contributed by atoms with van der Waals surface area (Å²) in [5.41, 5.74) is 0.992. The molecular weight excluding hydrogens is 230 g/mol. The highest BCUT2D eigenvalue weighted by Crippen LogP contribution is 2.23. The summed E-state index contributed by atoms with van der Waals surface area (Å²) in [6.45, 7) is 2.75. The highest BCUT2D eigenvalue weighted by Gasteiger charge is 2.37. The van der Waals surface area contributed by atoms with Gasteiger partial charge in [-0.25, -0.2) is 8.42 Å². The first kappa shape index (κ1) is 11.1. The van der Waals surface area contributed by atoms with E-state index in [1.54, 1.807) is 11.3 Å². The predicted octanol–water partition coefficient (Wildman–Crippen LogP) is 1.41. The van der Waals surface area contributed by atoms with Crippen molar-refractivity contribution in [3.05, 3.63) is 22.4 Å². The van der Waals surface area contributed by atoms with Gasteiger partial charge in [0.15, 0.2) is 9.84 Å². The summed E-state index contributed by atoms with van der Waals surface area (Å²) >= 11 is 1.66. The monoisotopic (exact) mass is 245 g/mol. The molecule has 2 heterocycles. The van der Waals surface area contributed by atoms with Crippen molar-refractivity contribution < 1.29 is 8.42 Å². The molecule has 0 aromatic carbocycles.